The molecular weight excluding hydrogens is 225 g/mol. The monoisotopic (exact) mass is 239 g/mol. The highest BCUT2D eigenvalue weighted by Gasteiger charge is 2.14. The number of hydrazine groups is 1. The quantitative estimate of drug-likeness (QED) is 0.732. The summed E-state index contributed by atoms with van der Waals surface area (Å²) >= 11 is 0. The van der Waals surface area contributed by atoms with Gasteiger partial charge in [0.25, 0.3) is 5.91 Å². The van der Waals surface area contributed by atoms with E-state index in [0.29, 0.717) is 31.9 Å². The fourth-order valence-corrected chi connectivity index (χ4v) is 1.57. The van der Waals surface area contributed by atoms with Crippen LogP contribution < -0.4 is 11.2 Å². The molecule has 1 fully saturated rings. The highest BCUT2D eigenvalue weighted by Crippen LogP contribution is 2.12. The maximum absolute atomic E-state index is 12.9. The molecule has 0 atom stereocenters. The van der Waals surface area contributed by atoms with Crippen molar-refractivity contribution in [2.24, 2.45) is 0 Å². The lowest BCUT2D eigenvalue weighted by Crippen LogP contribution is -2.48. The van der Waals surface area contributed by atoms with Crippen LogP contribution >= 0.6 is 0 Å². The number of nitrogens with two attached hydrogens (primary N) is 1. The highest BCUT2D eigenvalue weighted by molar-refractivity contribution is 5.94. The standard InChI is InChI=1S/C11H14FN3O2/c12-9-2-1-8(7-10(9)13)11(16)14-15-3-5-17-6-4-15/h1-2,7H,3-6,13H2,(H,14,16). The van der Waals surface area contributed by atoms with Crippen LogP contribution in [0.25, 0.3) is 0 Å². The summed E-state index contributed by atoms with van der Waals surface area (Å²) < 4.78 is 18.1. The molecule has 0 aromatic heterocycles. The maximum Gasteiger partial charge on any atom is 0.265 e. The molecule has 1 aromatic carbocycles. The smallest absolute Gasteiger partial charge is 0.265 e. The molecule has 0 spiro atoms. The Morgan fingerprint density at radius 1 is 1.41 bits per heavy atom. The molecule has 3 N–H and O–H groups in total. The zero-order valence-corrected chi connectivity index (χ0v) is 9.28. The SMILES string of the molecule is Nc1cc(C(=O)NN2CCOCC2)ccc1F. The molecule has 17 heavy (non-hydrogen) atoms. The van der Waals surface area contributed by atoms with Crippen LogP contribution in [0, 0.1) is 5.82 Å². The number of hydrogen-bond donors (Lipinski definition) is 2. The molecule has 0 aliphatic carbocycles. The average molecular weight is 239 g/mol. The third kappa shape index (κ3) is 2.92. The lowest BCUT2D eigenvalue weighted by Gasteiger charge is -2.26. The molecule has 0 radical (unpaired) electrons. The number of nitrogens with zero attached hydrogens (tertiary/aromatic N) is 1. The van der Waals surface area contributed by atoms with Crippen LogP contribution in [-0.4, -0.2) is 37.2 Å². The fraction of sp³-hybridized carbons (Fsp3) is 0.364. The fourth-order valence-electron chi connectivity index (χ4n) is 1.57. The van der Waals surface area contributed by atoms with Crippen molar-refractivity contribution in [3.05, 3.63) is 29.6 Å². The van der Waals surface area contributed by atoms with Gasteiger partial charge in [0.15, 0.2) is 0 Å². The van der Waals surface area contributed by atoms with E-state index in [2.05, 4.69) is 5.43 Å². The second kappa shape index (κ2) is 5.11. The van der Waals surface area contributed by atoms with Gasteiger partial charge in [0.05, 0.1) is 18.9 Å². The first-order chi connectivity index (χ1) is 8.16. The van der Waals surface area contributed by atoms with Crippen molar-refractivity contribution in [3.8, 4) is 0 Å². The van der Waals surface area contributed by atoms with Gasteiger partial charge in [0, 0.05) is 18.7 Å². The molecule has 2 rings (SSSR count). The number of carbonyl (C=O) groups excluding carboxylic acids is 1. The van der Waals surface area contributed by atoms with E-state index in [-0.39, 0.29) is 11.6 Å². The molecule has 1 amide bonds. The molecule has 0 saturated carbocycles. The summed E-state index contributed by atoms with van der Waals surface area (Å²) in [7, 11) is 0. The number of ether oxygens (including phenoxy) is 1. The van der Waals surface area contributed by atoms with E-state index in [9.17, 15) is 9.18 Å². The first kappa shape index (κ1) is 11.8. The van der Waals surface area contributed by atoms with Gasteiger partial charge in [0.1, 0.15) is 5.82 Å². The Kier molecular flexibility index (Phi) is 3.55. The van der Waals surface area contributed by atoms with E-state index in [1.807, 2.05) is 0 Å². The van der Waals surface area contributed by atoms with Crippen LogP contribution in [0.15, 0.2) is 18.2 Å². The van der Waals surface area contributed by atoms with Gasteiger partial charge in [-0.25, -0.2) is 9.40 Å². The Hall–Kier alpha value is -1.66. The number of benzene rings is 1. The predicted octanol–water partition coefficient (Wildman–Crippen LogP) is 0.385. The summed E-state index contributed by atoms with van der Waals surface area (Å²) in [6.45, 7) is 2.46. The van der Waals surface area contributed by atoms with Crippen molar-refractivity contribution in [1.29, 1.82) is 0 Å². The van der Waals surface area contributed by atoms with Crippen molar-refractivity contribution in [2.75, 3.05) is 32.0 Å². The Balaban J connectivity index is 2.01. The molecule has 0 bridgehead atoms. The topological polar surface area (TPSA) is 67.6 Å². The first-order valence-electron chi connectivity index (χ1n) is 5.35. The molecule has 5 nitrogen and oxygen atoms in total. The predicted molar refractivity (Wildman–Crippen MR) is 60.7 cm³/mol. The largest absolute Gasteiger partial charge is 0.396 e. The molecule has 1 aliphatic rings. The lowest BCUT2D eigenvalue weighted by atomic mass is 10.2. The van der Waals surface area contributed by atoms with Crippen LogP contribution in [0.5, 0.6) is 0 Å². The van der Waals surface area contributed by atoms with Gasteiger partial charge in [0.2, 0.25) is 0 Å². The van der Waals surface area contributed by atoms with E-state index in [0.717, 1.165) is 0 Å². The summed E-state index contributed by atoms with van der Waals surface area (Å²) in [4.78, 5) is 11.8. The van der Waals surface area contributed by atoms with Gasteiger partial charge in [-0.1, -0.05) is 0 Å². The van der Waals surface area contributed by atoms with Crippen molar-refractivity contribution in [1.82, 2.24) is 10.4 Å². The Labute approximate surface area is 98.3 Å². The summed E-state index contributed by atoms with van der Waals surface area (Å²) in [5, 5.41) is 1.77. The Bertz CT molecular complexity index is 419. The second-order valence-electron chi connectivity index (χ2n) is 3.78. The summed E-state index contributed by atoms with van der Waals surface area (Å²) in [6, 6.07) is 3.91. The Morgan fingerprint density at radius 2 is 2.12 bits per heavy atom. The molecular formula is C11H14FN3O2. The van der Waals surface area contributed by atoms with E-state index in [1.165, 1.54) is 18.2 Å². The minimum atomic E-state index is -0.520. The number of amides is 1. The van der Waals surface area contributed by atoms with Crippen LogP contribution in [0.3, 0.4) is 0 Å². The van der Waals surface area contributed by atoms with Crippen LogP contribution in [0.1, 0.15) is 10.4 Å². The zero-order chi connectivity index (χ0) is 12.3. The number of hydrogen-bond acceptors (Lipinski definition) is 4. The van der Waals surface area contributed by atoms with Gasteiger partial charge in [-0.3, -0.25) is 10.2 Å². The van der Waals surface area contributed by atoms with E-state index < -0.39 is 5.82 Å². The van der Waals surface area contributed by atoms with E-state index in [4.69, 9.17) is 10.5 Å². The first-order valence-corrected chi connectivity index (χ1v) is 5.35. The molecule has 1 aliphatic heterocycles. The van der Waals surface area contributed by atoms with Crippen molar-refractivity contribution >= 4 is 11.6 Å². The number of nitrogens with one attached hydrogen (secondary N) is 1. The molecule has 1 heterocycles. The minimum absolute atomic E-state index is 0.0281. The molecule has 1 saturated heterocycles. The third-order valence-corrected chi connectivity index (χ3v) is 2.53. The number of rotatable bonds is 2. The van der Waals surface area contributed by atoms with Gasteiger partial charge >= 0.3 is 0 Å². The molecule has 0 unspecified atom stereocenters. The average Bonchev–Trinajstić information content (AvgIpc) is 2.34. The normalized spacial score (nSPS) is 16.8. The summed E-state index contributed by atoms with van der Waals surface area (Å²) in [5.74, 6) is -0.813. The Morgan fingerprint density at radius 3 is 2.76 bits per heavy atom. The second-order valence-corrected chi connectivity index (χ2v) is 3.78. The number of nitrogen functional groups attached to an aromatic ring is 1. The maximum atomic E-state index is 12.9. The van der Waals surface area contributed by atoms with Crippen molar-refractivity contribution in [2.45, 2.75) is 0 Å². The number of morpholine rings is 1. The highest BCUT2D eigenvalue weighted by atomic mass is 19.1. The van der Waals surface area contributed by atoms with Crippen LogP contribution in [0.2, 0.25) is 0 Å². The number of anilines is 1. The lowest BCUT2D eigenvalue weighted by molar-refractivity contribution is 0.0126. The van der Waals surface area contributed by atoms with Crippen LogP contribution in [0.4, 0.5) is 10.1 Å². The van der Waals surface area contributed by atoms with E-state index >= 15 is 0 Å². The van der Waals surface area contributed by atoms with Gasteiger partial charge < -0.3 is 10.5 Å². The van der Waals surface area contributed by atoms with Crippen molar-refractivity contribution < 1.29 is 13.9 Å². The third-order valence-electron chi connectivity index (χ3n) is 2.53. The number of carbonyl (C=O) groups is 1. The molecule has 6 heteroatoms. The molecule has 1 aromatic rings. The molecule has 92 valence electrons. The minimum Gasteiger partial charge on any atom is -0.396 e. The number of halogens is 1. The van der Waals surface area contributed by atoms with Crippen LogP contribution in [-0.2, 0) is 4.74 Å². The van der Waals surface area contributed by atoms with Gasteiger partial charge in [-0.05, 0) is 18.2 Å². The van der Waals surface area contributed by atoms with E-state index in [1.54, 1.807) is 5.01 Å². The van der Waals surface area contributed by atoms with Gasteiger partial charge in [-0.2, -0.15) is 0 Å². The summed E-state index contributed by atoms with van der Waals surface area (Å²) in [5.41, 5.74) is 8.44. The zero-order valence-electron chi connectivity index (χ0n) is 9.28. The van der Waals surface area contributed by atoms with Crippen molar-refractivity contribution in [3.63, 3.8) is 0 Å². The summed E-state index contributed by atoms with van der Waals surface area (Å²) in [6.07, 6.45) is 0. The van der Waals surface area contributed by atoms with Gasteiger partial charge in [-0.15, -0.1) is 0 Å².